The zero-order chi connectivity index (χ0) is 17.4. The number of halogens is 1. The second-order valence-corrected chi connectivity index (χ2v) is 5.84. The van der Waals surface area contributed by atoms with Crippen LogP contribution in [0.15, 0.2) is 24.3 Å². The summed E-state index contributed by atoms with van der Waals surface area (Å²) in [6.45, 7) is 2.11. The van der Waals surface area contributed by atoms with Gasteiger partial charge in [-0.15, -0.1) is 12.4 Å². The number of methoxy groups -OCH3 is 1. The number of hydrogen-bond donors (Lipinski definition) is 3. The van der Waals surface area contributed by atoms with E-state index in [0.717, 1.165) is 0 Å². The molecule has 140 valence electrons. The van der Waals surface area contributed by atoms with Crippen LogP contribution in [-0.2, 0) is 9.53 Å². The van der Waals surface area contributed by atoms with Crippen LogP contribution in [0.4, 0.5) is 0 Å². The fourth-order valence-corrected chi connectivity index (χ4v) is 2.69. The maximum absolute atomic E-state index is 12.4. The Kier molecular flexibility index (Phi) is 8.68. The van der Waals surface area contributed by atoms with E-state index in [2.05, 4.69) is 10.6 Å². The molecule has 1 aliphatic heterocycles. The number of carbonyl (C=O) groups excluding carboxylic acids is 2. The quantitative estimate of drug-likeness (QED) is 0.613. The van der Waals surface area contributed by atoms with Crippen LogP contribution in [-0.4, -0.2) is 51.8 Å². The second-order valence-electron chi connectivity index (χ2n) is 5.84. The van der Waals surface area contributed by atoms with Gasteiger partial charge in [-0.2, -0.15) is 0 Å². The number of nitrogens with one attached hydrogen (secondary N) is 2. The smallest absolute Gasteiger partial charge is 0.251 e. The molecule has 0 aromatic heterocycles. The first kappa shape index (κ1) is 21.2. The Balaban J connectivity index is 0.00000312. The van der Waals surface area contributed by atoms with Gasteiger partial charge in [-0.1, -0.05) is 6.07 Å². The highest BCUT2D eigenvalue weighted by molar-refractivity contribution is 5.94. The van der Waals surface area contributed by atoms with E-state index in [-0.39, 0.29) is 24.2 Å². The molecule has 0 saturated carbocycles. The van der Waals surface area contributed by atoms with E-state index in [1.54, 1.807) is 31.4 Å². The van der Waals surface area contributed by atoms with Crippen LogP contribution in [0.3, 0.4) is 0 Å². The number of amides is 2. The summed E-state index contributed by atoms with van der Waals surface area (Å²) in [6, 6.07) is 6.91. The molecule has 0 unspecified atom stereocenters. The molecule has 2 amide bonds. The maximum atomic E-state index is 12.4. The molecule has 0 radical (unpaired) electrons. The molecule has 1 saturated heterocycles. The largest absolute Gasteiger partial charge is 0.497 e. The summed E-state index contributed by atoms with van der Waals surface area (Å²) < 4.78 is 10.4. The SMILES string of the molecule is COc1cccc(C(=O)NCCNC(=O)C2(CN)CCOCC2)c1.Cl. The monoisotopic (exact) mass is 371 g/mol. The molecule has 8 heteroatoms. The molecule has 0 atom stereocenters. The van der Waals surface area contributed by atoms with Crippen molar-refractivity contribution >= 4 is 24.2 Å². The first-order valence-electron chi connectivity index (χ1n) is 8.10. The summed E-state index contributed by atoms with van der Waals surface area (Å²) >= 11 is 0. The van der Waals surface area contributed by atoms with E-state index in [4.69, 9.17) is 15.2 Å². The molecular formula is C17H26ClN3O4. The third-order valence-corrected chi connectivity index (χ3v) is 4.35. The summed E-state index contributed by atoms with van der Waals surface area (Å²) in [5.74, 6) is 0.354. The van der Waals surface area contributed by atoms with Crippen molar-refractivity contribution in [2.45, 2.75) is 12.8 Å². The Morgan fingerprint density at radius 3 is 2.56 bits per heavy atom. The van der Waals surface area contributed by atoms with Crippen LogP contribution in [0, 0.1) is 5.41 Å². The van der Waals surface area contributed by atoms with Crippen molar-refractivity contribution in [3.63, 3.8) is 0 Å². The molecule has 0 bridgehead atoms. The number of ether oxygens (including phenoxy) is 2. The molecule has 1 aromatic rings. The lowest BCUT2D eigenvalue weighted by molar-refractivity contribution is -0.135. The van der Waals surface area contributed by atoms with Gasteiger partial charge in [0.25, 0.3) is 5.91 Å². The lowest BCUT2D eigenvalue weighted by atomic mass is 9.79. The van der Waals surface area contributed by atoms with Gasteiger partial charge in [0.2, 0.25) is 5.91 Å². The van der Waals surface area contributed by atoms with E-state index in [0.29, 0.717) is 57.0 Å². The minimum absolute atomic E-state index is 0. The molecule has 4 N–H and O–H groups in total. The second kappa shape index (κ2) is 10.2. The highest BCUT2D eigenvalue weighted by Gasteiger charge is 2.38. The van der Waals surface area contributed by atoms with Crippen LogP contribution >= 0.6 is 12.4 Å². The Hall–Kier alpha value is -1.83. The number of carbonyl (C=O) groups is 2. The topological polar surface area (TPSA) is 103 Å². The third-order valence-electron chi connectivity index (χ3n) is 4.35. The average molecular weight is 372 g/mol. The maximum Gasteiger partial charge on any atom is 0.251 e. The molecule has 25 heavy (non-hydrogen) atoms. The Morgan fingerprint density at radius 2 is 1.92 bits per heavy atom. The lowest BCUT2D eigenvalue weighted by Crippen LogP contribution is -2.50. The number of hydrogen-bond acceptors (Lipinski definition) is 5. The van der Waals surface area contributed by atoms with Gasteiger partial charge in [0.05, 0.1) is 12.5 Å². The number of nitrogens with two attached hydrogens (primary N) is 1. The van der Waals surface area contributed by atoms with Crippen LogP contribution < -0.4 is 21.1 Å². The van der Waals surface area contributed by atoms with E-state index < -0.39 is 5.41 Å². The molecule has 1 aliphatic rings. The minimum atomic E-state index is -0.547. The van der Waals surface area contributed by atoms with E-state index in [1.807, 2.05) is 0 Å². The van der Waals surface area contributed by atoms with E-state index in [9.17, 15) is 9.59 Å². The highest BCUT2D eigenvalue weighted by Crippen LogP contribution is 2.29. The van der Waals surface area contributed by atoms with Gasteiger partial charge < -0.3 is 25.8 Å². The molecule has 1 fully saturated rings. The first-order chi connectivity index (χ1) is 11.6. The van der Waals surface area contributed by atoms with Crippen molar-refractivity contribution in [3.8, 4) is 5.75 Å². The molecule has 0 spiro atoms. The van der Waals surface area contributed by atoms with Crippen molar-refractivity contribution in [1.82, 2.24) is 10.6 Å². The van der Waals surface area contributed by atoms with Crippen LogP contribution in [0.1, 0.15) is 23.2 Å². The van der Waals surface area contributed by atoms with Crippen LogP contribution in [0.5, 0.6) is 5.75 Å². The van der Waals surface area contributed by atoms with Crippen molar-refractivity contribution in [2.75, 3.05) is 40.0 Å². The zero-order valence-electron chi connectivity index (χ0n) is 14.4. The summed E-state index contributed by atoms with van der Waals surface area (Å²) in [4.78, 5) is 24.4. The van der Waals surface area contributed by atoms with E-state index in [1.165, 1.54) is 0 Å². The molecular weight excluding hydrogens is 346 g/mol. The number of benzene rings is 1. The standard InChI is InChI=1S/C17H25N3O4.ClH/c1-23-14-4-2-3-13(11-14)15(21)19-7-8-20-16(22)17(12-18)5-9-24-10-6-17;/h2-4,11H,5-10,12,18H2,1H3,(H,19,21)(H,20,22);1H. The zero-order valence-corrected chi connectivity index (χ0v) is 15.2. The van der Waals surface area contributed by atoms with Crippen molar-refractivity contribution < 1.29 is 19.1 Å². The Labute approximate surface area is 154 Å². The van der Waals surface area contributed by atoms with Gasteiger partial charge >= 0.3 is 0 Å². The van der Waals surface area contributed by atoms with Crippen molar-refractivity contribution in [1.29, 1.82) is 0 Å². The first-order valence-corrected chi connectivity index (χ1v) is 8.10. The Morgan fingerprint density at radius 1 is 1.24 bits per heavy atom. The highest BCUT2D eigenvalue weighted by atomic mass is 35.5. The molecule has 0 aliphatic carbocycles. The molecule has 1 heterocycles. The van der Waals surface area contributed by atoms with Crippen molar-refractivity contribution in [2.24, 2.45) is 11.1 Å². The van der Waals surface area contributed by atoms with Crippen LogP contribution in [0.25, 0.3) is 0 Å². The van der Waals surface area contributed by atoms with Gasteiger partial charge in [-0.05, 0) is 31.0 Å². The van der Waals surface area contributed by atoms with Crippen LogP contribution in [0.2, 0.25) is 0 Å². The lowest BCUT2D eigenvalue weighted by Gasteiger charge is -2.34. The fraction of sp³-hybridized carbons (Fsp3) is 0.529. The summed E-state index contributed by atoms with van der Waals surface area (Å²) in [5, 5.41) is 5.63. The molecule has 2 rings (SSSR count). The summed E-state index contributed by atoms with van der Waals surface area (Å²) in [5.41, 5.74) is 5.77. The van der Waals surface area contributed by atoms with Gasteiger partial charge in [0.15, 0.2) is 0 Å². The Bertz CT molecular complexity index is 577. The summed E-state index contributed by atoms with van der Waals surface area (Å²) in [6.07, 6.45) is 1.26. The van der Waals surface area contributed by atoms with Crippen molar-refractivity contribution in [3.05, 3.63) is 29.8 Å². The third kappa shape index (κ3) is 5.59. The van der Waals surface area contributed by atoms with Gasteiger partial charge in [0, 0.05) is 38.4 Å². The normalized spacial score (nSPS) is 15.6. The summed E-state index contributed by atoms with van der Waals surface area (Å²) in [7, 11) is 1.55. The van der Waals surface area contributed by atoms with E-state index >= 15 is 0 Å². The van der Waals surface area contributed by atoms with Gasteiger partial charge in [0.1, 0.15) is 5.75 Å². The van der Waals surface area contributed by atoms with Gasteiger partial charge in [-0.25, -0.2) is 0 Å². The van der Waals surface area contributed by atoms with Gasteiger partial charge in [-0.3, -0.25) is 9.59 Å². The fourth-order valence-electron chi connectivity index (χ4n) is 2.69. The predicted molar refractivity (Wildman–Crippen MR) is 97.1 cm³/mol. The molecule has 7 nitrogen and oxygen atoms in total. The average Bonchev–Trinajstić information content (AvgIpc) is 2.65. The predicted octanol–water partition coefficient (Wildman–Crippen LogP) is 0.719. The number of rotatable bonds is 7. The molecule has 1 aromatic carbocycles. The minimum Gasteiger partial charge on any atom is -0.497 e.